The molecule has 1 atom stereocenters. The lowest BCUT2D eigenvalue weighted by atomic mass is 10.0. The van der Waals surface area contributed by atoms with Crippen molar-refractivity contribution in [2.24, 2.45) is 0 Å². The molecule has 0 radical (unpaired) electrons. The van der Waals surface area contributed by atoms with Crippen LogP contribution >= 0.6 is 0 Å². The number of carbonyl (C=O) groups is 1. The second-order valence-corrected chi connectivity index (χ2v) is 7.25. The minimum atomic E-state index is -0.461. The molecule has 1 fully saturated rings. The van der Waals surface area contributed by atoms with E-state index in [0.29, 0.717) is 6.54 Å². The van der Waals surface area contributed by atoms with Crippen molar-refractivity contribution in [2.75, 3.05) is 19.7 Å². The minimum Gasteiger partial charge on any atom is -0.444 e. The van der Waals surface area contributed by atoms with Crippen LogP contribution in [0.15, 0.2) is 0 Å². The summed E-state index contributed by atoms with van der Waals surface area (Å²) in [6, 6.07) is 0.143. The first-order valence-electron chi connectivity index (χ1n) is 7.50. The normalized spacial score (nSPS) is 20.9. The fourth-order valence-electron chi connectivity index (χ4n) is 2.22. The Kier molecular flexibility index (Phi) is 5.83. The van der Waals surface area contributed by atoms with Gasteiger partial charge in [0.05, 0.1) is 6.61 Å². The first-order chi connectivity index (χ1) is 9.14. The van der Waals surface area contributed by atoms with Gasteiger partial charge in [0.1, 0.15) is 5.60 Å². The number of nitrogens with zero attached hydrogens (tertiary/aromatic N) is 1. The quantitative estimate of drug-likeness (QED) is 0.831. The van der Waals surface area contributed by atoms with Gasteiger partial charge >= 0.3 is 6.09 Å². The molecule has 1 aliphatic heterocycles. The summed E-state index contributed by atoms with van der Waals surface area (Å²) in [5.41, 5.74) is -0.784. The molecule has 2 N–H and O–H groups in total. The average Bonchev–Trinajstić information content (AvgIpc) is 2.35. The zero-order valence-electron chi connectivity index (χ0n) is 13.5. The predicted octanol–water partition coefficient (Wildman–Crippen LogP) is 2.14. The molecular formula is C15H30N2O3. The van der Waals surface area contributed by atoms with Gasteiger partial charge in [-0.1, -0.05) is 0 Å². The minimum absolute atomic E-state index is 0.0756. The Morgan fingerprint density at radius 3 is 2.50 bits per heavy atom. The second kappa shape index (κ2) is 6.76. The molecule has 0 aromatic carbocycles. The van der Waals surface area contributed by atoms with E-state index in [1.165, 1.54) is 0 Å². The standard InChI is InChI=1S/C15H30N2O3/c1-14(2,3)20-13(19)17-9-7-6-8-12(17)10-16-15(4,5)11-18/h12,16,18H,6-11H2,1-5H3. The van der Waals surface area contributed by atoms with Crippen molar-refractivity contribution in [2.45, 2.75) is 71.1 Å². The van der Waals surface area contributed by atoms with Crippen LogP contribution in [0.4, 0.5) is 4.79 Å². The molecule has 5 nitrogen and oxygen atoms in total. The number of amides is 1. The van der Waals surface area contributed by atoms with Crippen molar-refractivity contribution in [1.82, 2.24) is 10.2 Å². The monoisotopic (exact) mass is 286 g/mol. The zero-order valence-corrected chi connectivity index (χ0v) is 13.5. The highest BCUT2D eigenvalue weighted by atomic mass is 16.6. The Bertz CT molecular complexity index is 324. The van der Waals surface area contributed by atoms with E-state index in [1.54, 1.807) is 0 Å². The molecule has 1 aliphatic rings. The van der Waals surface area contributed by atoms with Gasteiger partial charge in [-0.2, -0.15) is 0 Å². The third kappa shape index (κ3) is 5.67. The number of piperidine rings is 1. The molecule has 0 saturated carbocycles. The van der Waals surface area contributed by atoms with Gasteiger partial charge in [-0.3, -0.25) is 0 Å². The van der Waals surface area contributed by atoms with Crippen molar-refractivity contribution in [1.29, 1.82) is 0 Å². The molecule has 0 aromatic heterocycles. The maximum Gasteiger partial charge on any atom is 0.410 e. The Morgan fingerprint density at radius 1 is 1.30 bits per heavy atom. The van der Waals surface area contributed by atoms with E-state index in [0.717, 1.165) is 25.8 Å². The molecule has 1 unspecified atom stereocenters. The lowest BCUT2D eigenvalue weighted by molar-refractivity contribution is 0.00876. The van der Waals surface area contributed by atoms with E-state index in [-0.39, 0.29) is 24.3 Å². The van der Waals surface area contributed by atoms with Crippen LogP contribution in [-0.2, 0) is 4.74 Å². The van der Waals surface area contributed by atoms with Gasteiger partial charge in [0, 0.05) is 24.7 Å². The molecule has 0 bridgehead atoms. The van der Waals surface area contributed by atoms with E-state index in [1.807, 2.05) is 39.5 Å². The lowest BCUT2D eigenvalue weighted by Gasteiger charge is -2.38. The Labute approximate surface area is 122 Å². The topological polar surface area (TPSA) is 61.8 Å². The molecular weight excluding hydrogens is 256 g/mol. The van der Waals surface area contributed by atoms with Crippen LogP contribution in [0, 0.1) is 0 Å². The van der Waals surface area contributed by atoms with Gasteiger partial charge in [0.25, 0.3) is 0 Å². The van der Waals surface area contributed by atoms with E-state index in [9.17, 15) is 9.90 Å². The first-order valence-corrected chi connectivity index (χ1v) is 7.50. The summed E-state index contributed by atoms with van der Waals surface area (Å²) in [6.07, 6.45) is 2.91. The number of hydrogen-bond acceptors (Lipinski definition) is 4. The fourth-order valence-corrected chi connectivity index (χ4v) is 2.22. The zero-order chi connectivity index (χ0) is 15.4. The fraction of sp³-hybridized carbons (Fsp3) is 0.933. The van der Waals surface area contributed by atoms with Crippen LogP contribution in [0.25, 0.3) is 0 Å². The van der Waals surface area contributed by atoms with Gasteiger partial charge < -0.3 is 20.1 Å². The molecule has 1 heterocycles. The lowest BCUT2D eigenvalue weighted by Crippen LogP contribution is -2.54. The van der Waals surface area contributed by atoms with Gasteiger partial charge in [-0.25, -0.2) is 4.79 Å². The Balaban J connectivity index is 2.60. The van der Waals surface area contributed by atoms with Gasteiger partial charge in [0.15, 0.2) is 0 Å². The molecule has 1 saturated heterocycles. The van der Waals surface area contributed by atoms with Crippen LogP contribution in [0.5, 0.6) is 0 Å². The Morgan fingerprint density at radius 2 is 1.95 bits per heavy atom. The maximum absolute atomic E-state index is 12.2. The highest BCUT2D eigenvalue weighted by Gasteiger charge is 2.31. The van der Waals surface area contributed by atoms with Crippen LogP contribution in [0.1, 0.15) is 53.9 Å². The average molecular weight is 286 g/mol. The number of ether oxygens (including phenoxy) is 1. The first kappa shape index (κ1) is 17.2. The summed E-state index contributed by atoms with van der Waals surface area (Å²) in [6.45, 7) is 11.1. The van der Waals surface area contributed by atoms with Crippen molar-refractivity contribution < 1.29 is 14.6 Å². The highest BCUT2D eigenvalue weighted by Crippen LogP contribution is 2.20. The number of hydrogen-bond donors (Lipinski definition) is 2. The van der Waals surface area contributed by atoms with Crippen LogP contribution in [0.2, 0.25) is 0 Å². The molecule has 1 rings (SSSR count). The van der Waals surface area contributed by atoms with Crippen molar-refractivity contribution in [3.63, 3.8) is 0 Å². The van der Waals surface area contributed by atoms with E-state index in [2.05, 4.69) is 5.32 Å². The SMILES string of the molecule is CC(C)(CO)NCC1CCCCN1C(=O)OC(C)(C)C. The maximum atomic E-state index is 12.2. The molecule has 0 aromatic rings. The summed E-state index contributed by atoms with van der Waals surface area (Å²) in [5, 5.41) is 12.6. The summed E-state index contributed by atoms with van der Waals surface area (Å²) in [4.78, 5) is 14.1. The molecule has 5 heteroatoms. The number of aliphatic hydroxyl groups is 1. The van der Waals surface area contributed by atoms with Crippen LogP contribution in [0.3, 0.4) is 0 Å². The second-order valence-electron chi connectivity index (χ2n) is 7.25. The number of nitrogens with one attached hydrogen (secondary N) is 1. The number of carbonyl (C=O) groups excluding carboxylic acids is 1. The molecule has 0 aliphatic carbocycles. The Hall–Kier alpha value is -0.810. The summed E-state index contributed by atoms with van der Waals surface area (Å²) in [7, 11) is 0. The molecule has 118 valence electrons. The van der Waals surface area contributed by atoms with E-state index >= 15 is 0 Å². The summed E-state index contributed by atoms with van der Waals surface area (Å²) < 4.78 is 5.48. The van der Waals surface area contributed by atoms with Crippen molar-refractivity contribution in [3.05, 3.63) is 0 Å². The smallest absolute Gasteiger partial charge is 0.410 e. The summed E-state index contributed by atoms with van der Waals surface area (Å²) >= 11 is 0. The van der Waals surface area contributed by atoms with Gasteiger partial charge in [-0.05, 0) is 53.9 Å². The molecule has 1 amide bonds. The van der Waals surface area contributed by atoms with Crippen LogP contribution in [-0.4, -0.2) is 53.0 Å². The van der Waals surface area contributed by atoms with Crippen molar-refractivity contribution >= 4 is 6.09 Å². The van der Waals surface area contributed by atoms with E-state index < -0.39 is 5.60 Å². The number of likely N-dealkylation sites (tertiary alicyclic amines) is 1. The van der Waals surface area contributed by atoms with E-state index in [4.69, 9.17) is 4.74 Å². The molecule has 0 spiro atoms. The summed E-state index contributed by atoms with van der Waals surface area (Å²) in [5.74, 6) is 0. The number of aliphatic hydroxyl groups excluding tert-OH is 1. The van der Waals surface area contributed by atoms with Gasteiger partial charge in [-0.15, -0.1) is 0 Å². The van der Waals surface area contributed by atoms with Gasteiger partial charge in [0.2, 0.25) is 0 Å². The van der Waals surface area contributed by atoms with Crippen molar-refractivity contribution in [3.8, 4) is 0 Å². The molecule has 20 heavy (non-hydrogen) atoms. The third-order valence-corrected chi connectivity index (χ3v) is 3.47. The van der Waals surface area contributed by atoms with Crippen LogP contribution < -0.4 is 5.32 Å². The largest absolute Gasteiger partial charge is 0.444 e. The highest BCUT2D eigenvalue weighted by molar-refractivity contribution is 5.68. The number of rotatable bonds is 4. The predicted molar refractivity (Wildman–Crippen MR) is 79.7 cm³/mol. The third-order valence-electron chi connectivity index (χ3n) is 3.47.